The summed E-state index contributed by atoms with van der Waals surface area (Å²) in [5.74, 6) is -1.87. The van der Waals surface area contributed by atoms with Crippen LogP contribution in [0.25, 0.3) is 0 Å². The van der Waals surface area contributed by atoms with Gasteiger partial charge >= 0.3 is 5.97 Å². The molecule has 1 aromatic rings. The highest BCUT2D eigenvalue weighted by molar-refractivity contribution is 5.97. The number of rotatable bonds is 9. The lowest BCUT2D eigenvalue weighted by molar-refractivity contribution is -0.384. The number of nitrogens with one attached hydrogen (secondary N) is 2. The van der Waals surface area contributed by atoms with Crippen molar-refractivity contribution in [2.75, 3.05) is 11.9 Å². The fraction of sp³-hybridized carbons (Fsp3) is 0.556. The van der Waals surface area contributed by atoms with Crippen LogP contribution in [-0.2, 0) is 9.53 Å². The van der Waals surface area contributed by atoms with Crippen molar-refractivity contribution in [3.8, 4) is 0 Å². The highest BCUT2D eigenvalue weighted by Crippen LogP contribution is 2.31. The number of carboxylic acids is 1. The van der Waals surface area contributed by atoms with E-state index < -0.39 is 28.4 Å². The first-order valence-electron chi connectivity index (χ1n) is 8.79. The van der Waals surface area contributed by atoms with Crippen molar-refractivity contribution >= 4 is 23.3 Å². The molecule has 0 spiro atoms. The van der Waals surface area contributed by atoms with Crippen molar-refractivity contribution in [3.05, 3.63) is 33.9 Å². The molecule has 1 unspecified atom stereocenters. The van der Waals surface area contributed by atoms with Gasteiger partial charge in [0.25, 0.3) is 11.6 Å². The Kier molecular flexibility index (Phi) is 6.37. The molecule has 1 aliphatic carbocycles. The summed E-state index contributed by atoms with van der Waals surface area (Å²) in [4.78, 5) is 34.5. The number of amides is 1. The van der Waals surface area contributed by atoms with Crippen LogP contribution in [0.5, 0.6) is 0 Å². The van der Waals surface area contributed by atoms with Gasteiger partial charge in [-0.2, -0.15) is 0 Å². The maximum Gasteiger partial charge on any atom is 0.326 e. The maximum atomic E-state index is 12.4. The number of nitro benzene ring substituents is 1. The number of anilines is 1. The standard InChI is InChI=1S/C18H25N3O6/c1-18(2,3)27-9-8-14(17(23)24)20-16(22)11-4-7-13(19-12-5-6-12)15(10-11)21(25)26/h4,7,10,12,14,19H,5-6,8-9H2,1-3H3,(H,20,22)(H,23,24). The highest BCUT2D eigenvalue weighted by Gasteiger charge is 2.27. The van der Waals surface area contributed by atoms with E-state index in [1.54, 1.807) is 0 Å². The summed E-state index contributed by atoms with van der Waals surface area (Å²) in [5.41, 5.74) is -0.242. The number of carbonyl (C=O) groups is 2. The molecule has 1 fully saturated rings. The van der Waals surface area contributed by atoms with Gasteiger partial charge in [-0.3, -0.25) is 14.9 Å². The van der Waals surface area contributed by atoms with Crippen LogP contribution < -0.4 is 10.6 Å². The second-order valence-electron chi connectivity index (χ2n) is 7.52. The molecule has 9 nitrogen and oxygen atoms in total. The monoisotopic (exact) mass is 379 g/mol. The Balaban J connectivity index is 2.06. The number of hydrogen-bond acceptors (Lipinski definition) is 6. The molecule has 0 radical (unpaired) electrons. The minimum Gasteiger partial charge on any atom is -0.480 e. The van der Waals surface area contributed by atoms with Crippen molar-refractivity contribution in [3.63, 3.8) is 0 Å². The molecule has 2 rings (SSSR count). The molecule has 0 heterocycles. The van der Waals surface area contributed by atoms with E-state index in [2.05, 4.69) is 10.6 Å². The number of nitro groups is 1. The Labute approximate surface area is 157 Å². The second kappa shape index (κ2) is 8.34. The van der Waals surface area contributed by atoms with Crippen LogP contribution in [-0.4, -0.2) is 46.2 Å². The zero-order valence-electron chi connectivity index (χ0n) is 15.7. The quantitative estimate of drug-likeness (QED) is 0.444. The van der Waals surface area contributed by atoms with Gasteiger partial charge < -0.3 is 20.5 Å². The predicted molar refractivity (Wildman–Crippen MR) is 99.0 cm³/mol. The summed E-state index contributed by atoms with van der Waals surface area (Å²) >= 11 is 0. The van der Waals surface area contributed by atoms with Crippen LogP contribution in [0.3, 0.4) is 0 Å². The third kappa shape index (κ3) is 6.52. The van der Waals surface area contributed by atoms with Gasteiger partial charge in [-0.25, -0.2) is 4.79 Å². The Hall–Kier alpha value is -2.68. The van der Waals surface area contributed by atoms with Crippen LogP contribution in [0.4, 0.5) is 11.4 Å². The molecule has 1 aromatic carbocycles. The lowest BCUT2D eigenvalue weighted by Gasteiger charge is -2.21. The molecule has 1 saturated carbocycles. The third-order valence-corrected chi connectivity index (χ3v) is 3.94. The van der Waals surface area contributed by atoms with Crippen molar-refractivity contribution in [2.24, 2.45) is 0 Å². The molecular weight excluding hydrogens is 354 g/mol. The summed E-state index contributed by atoms with van der Waals surface area (Å²) in [6.07, 6.45) is 1.99. The molecule has 0 aliphatic heterocycles. The minimum absolute atomic E-state index is 0.0334. The lowest BCUT2D eigenvalue weighted by atomic mass is 10.1. The Morgan fingerprint density at radius 3 is 2.56 bits per heavy atom. The maximum absolute atomic E-state index is 12.4. The molecule has 3 N–H and O–H groups in total. The topological polar surface area (TPSA) is 131 Å². The number of carboxylic acid groups (broad SMARTS) is 1. The van der Waals surface area contributed by atoms with E-state index in [1.165, 1.54) is 12.1 Å². The van der Waals surface area contributed by atoms with Gasteiger partial charge in [0.05, 0.1) is 10.5 Å². The van der Waals surface area contributed by atoms with Crippen LogP contribution >= 0.6 is 0 Å². The fourth-order valence-electron chi connectivity index (χ4n) is 2.38. The normalized spacial score (nSPS) is 15.1. The number of ether oxygens (including phenoxy) is 1. The van der Waals surface area contributed by atoms with Gasteiger partial charge in [-0.05, 0) is 45.7 Å². The van der Waals surface area contributed by atoms with Gasteiger partial charge in [0.1, 0.15) is 11.7 Å². The average molecular weight is 379 g/mol. The van der Waals surface area contributed by atoms with E-state index >= 15 is 0 Å². The summed E-state index contributed by atoms with van der Waals surface area (Å²) in [6.45, 7) is 5.69. The van der Waals surface area contributed by atoms with Crippen LogP contribution in [0.2, 0.25) is 0 Å². The van der Waals surface area contributed by atoms with Gasteiger partial charge in [0.2, 0.25) is 0 Å². The van der Waals surface area contributed by atoms with Crippen molar-refractivity contribution in [1.82, 2.24) is 5.32 Å². The van der Waals surface area contributed by atoms with E-state index in [0.717, 1.165) is 18.9 Å². The van der Waals surface area contributed by atoms with E-state index in [1.807, 2.05) is 20.8 Å². The summed E-state index contributed by atoms with van der Waals surface area (Å²) in [6, 6.07) is 3.15. The molecule has 1 amide bonds. The van der Waals surface area contributed by atoms with E-state index in [-0.39, 0.29) is 30.3 Å². The largest absolute Gasteiger partial charge is 0.480 e. The van der Waals surface area contributed by atoms with Crippen LogP contribution in [0, 0.1) is 10.1 Å². The zero-order chi connectivity index (χ0) is 20.2. The predicted octanol–water partition coefficient (Wildman–Crippen LogP) is 2.56. The highest BCUT2D eigenvalue weighted by atomic mass is 16.6. The van der Waals surface area contributed by atoms with Crippen molar-refractivity contribution in [1.29, 1.82) is 0 Å². The molecule has 0 saturated heterocycles. The molecule has 27 heavy (non-hydrogen) atoms. The summed E-state index contributed by atoms with van der Waals surface area (Å²) < 4.78 is 5.49. The summed E-state index contributed by atoms with van der Waals surface area (Å²) in [7, 11) is 0. The number of hydrogen-bond donors (Lipinski definition) is 3. The molecule has 1 aliphatic rings. The molecule has 0 aromatic heterocycles. The van der Waals surface area contributed by atoms with Gasteiger partial charge in [-0.15, -0.1) is 0 Å². The van der Waals surface area contributed by atoms with Crippen molar-refractivity contribution in [2.45, 2.75) is 57.7 Å². The zero-order valence-corrected chi connectivity index (χ0v) is 15.7. The van der Waals surface area contributed by atoms with E-state index in [9.17, 15) is 24.8 Å². The Bertz CT molecular complexity index is 724. The SMILES string of the molecule is CC(C)(C)OCCC(NC(=O)c1ccc(NC2CC2)c([N+](=O)[O-])c1)C(=O)O. The molecule has 0 bridgehead atoms. The molecule has 1 atom stereocenters. The Morgan fingerprint density at radius 1 is 1.37 bits per heavy atom. The lowest BCUT2D eigenvalue weighted by Crippen LogP contribution is -2.42. The van der Waals surface area contributed by atoms with Crippen LogP contribution in [0.1, 0.15) is 50.4 Å². The van der Waals surface area contributed by atoms with Gasteiger partial charge in [0, 0.05) is 30.7 Å². The second-order valence-corrected chi connectivity index (χ2v) is 7.52. The fourth-order valence-corrected chi connectivity index (χ4v) is 2.38. The van der Waals surface area contributed by atoms with E-state index in [4.69, 9.17) is 4.74 Å². The first-order valence-corrected chi connectivity index (χ1v) is 8.79. The number of benzene rings is 1. The Morgan fingerprint density at radius 2 is 2.04 bits per heavy atom. The average Bonchev–Trinajstić information content (AvgIpc) is 3.36. The third-order valence-electron chi connectivity index (χ3n) is 3.94. The summed E-state index contributed by atoms with van der Waals surface area (Å²) in [5, 5.41) is 26.0. The van der Waals surface area contributed by atoms with Crippen molar-refractivity contribution < 1.29 is 24.4 Å². The van der Waals surface area contributed by atoms with Gasteiger partial charge in [0.15, 0.2) is 0 Å². The molecular formula is C18H25N3O6. The first kappa shape index (κ1) is 20.6. The van der Waals surface area contributed by atoms with Crippen LogP contribution in [0.15, 0.2) is 18.2 Å². The number of nitrogens with zero attached hydrogens (tertiary/aromatic N) is 1. The van der Waals surface area contributed by atoms with E-state index in [0.29, 0.717) is 5.69 Å². The number of carbonyl (C=O) groups excluding carboxylic acids is 1. The smallest absolute Gasteiger partial charge is 0.326 e. The number of aliphatic carboxylic acids is 1. The van der Waals surface area contributed by atoms with Gasteiger partial charge in [-0.1, -0.05) is 0 Å². The molecule has 148 valence electrons. The minimum atomic E-state index is -1.19. The first-order chi connectivity index (χ1) is 12.6. The molecule has 9 heteroatoms.